The van der Waals surface area contributed by atoms with Crippen LogP contribution in [-0.2, 0) is 16.6 Å². The smallest absolute Gasteiger partial charge is 0.270 e. The maximum absolute atomic E-state index is 13.6. The maximum atomic E-state index is 13.6. The van der Waals surface area contributed by atoms with Crippen LogP contribution < -0.4 is 15.6 Å². The summed E-state index contributed by atoms with van der Waals surface area (Å²) < 4.78 is 35.0. The molecule has 0 aliphatic rings. The number of benzene rings is 2. The molecular formula is C30H23ClN6O5S2. The van der Waals surface area contributed by atoms with Gasteiger partial charge in [0.2, 0.25) is 10.0 Å². The molecule has 6 rings (SSSR count). The first-order valence-electron chi connectivity index (χ1n) is 13.1. The zero-order valence-corrected chi connectivity index (χ0v) is 25.3. The zero-order chi connectivity index (χ0) is 30.8. The minimum atomic E-state index is -4.10. The van der Waals surface area contributed by atoms with Crippen molar-refractivity contribution in [1.82, 2.24) is 30.3 Å². The van der Waals surface area contributed by atoms with Crippen molar-refractivity contribution < 1.29 is 22.4 Å². The lowest BCUT2D eigenvalue weighted by atomic mass is 10.1. The van der Waals surface area contributed by atoms with E-state index in [2.05, 4.69) is 20.7 Å². The first-order chi connectivity index (χ1) is 21.2. The van der Waals surface area contributed by atoms with Crippen molar-refractivity contribution >= 4 is 55.8 Å². The van der Waals surface area contributed by atoms with Crippen LogP contribution in [0.2, 0.25) is 5.02 Å². The Morgan fingerprint density at radius 3 is 2.50 bits per heavy atom. The van der Waals surface area contributed by atoms with Gasteiger partial charge in [0.1, 0.15) is 10.7 Å². The summed E-state index contributed by atoms with van der Waals surface area (Å²) in [7, 11) is -4.10. The quantitative estimate of drug-likeness (QED) is 0.191. The van der Waals surface area contributed by atoms with Gasteiger partial charge in [0, 0.05) is 5.56 Å². The van der Waals surface area contributed by atoms with Crippen LogP contribution in [0.3, 0.4) is 0 Å². The fraction of sp³-hybridized carbons (Fsp3) is 0.0667. The number of sulfonamides is 1. The molecule has 2 amide bonds. The van der Waals surface area contributed by atoms with E-state index in [-0.39, 0.29) is 27.6 Å². The summed E-state index contributed by atoms with van der Waals surface area (Å²) in [5.74, 6) is -0.961. The van der Waals surface area contributed by atoms with Gasteiger partial charge < -0.3 is 4.42 Å². The predicted octanol–water partition coefficient (Wildman–Crippen LogP) is 5.26. The van der Waals surface area contributed by atoms with Gasteiger partial charge in [-0.2, -0.15) is 5.10 Å². The second kappa shape index (κ2) is 12.1. The van der Waals surface area contributed by atoms with Gasteiger partial charge in [0.05, 0.1) is 50.7 Å². The highest BCUT2D eigenvalue weighted by Crippen LogP contribution is 2.31. The van der Waals surface area contributed by atoms with Crippen LogP contribution in [0.15, 0.2) is 99.8 Å². The average molecular weight is 647 g/mol. The lowest BCUT2D eigenvalue weighted by Gasteiger charge is -2.12. The van der Waals surface area contributed by atoms with E-state index in [1.807, 2.05) is 47.8 Å². The molecule has 2 aromatic carbocycles. The van der Waals surface area contributed by atoms with Crippen LogP contribution in [0.1, 0.15) is 32.2 Å². The van der Waals surface area contributed by atoms with Crippen LogP contribution in [0.25, 0.3) is 27.3 Å². The summed E-state index contributed by atoms with van der Waals surface area (Å²) in [4.78, 5) is 32.0. The second-order valence-corrected chi connectivity index (χ2v) is 12.6. The largest absolute Gasteiger partial charge is 0.468 e. The van der Waals surface area contributed by atoms with E-state index in [9.17, 15) is 18.0 Å². The molecule has 222 valence electrons. The van der Waals surface area contributed by atoms with Crippen molar-refractivity contribution in [3.8, 4) is 16.3 Å². The average Bonchev–Trinajstić information content (AvgIpc) is 3.81. The molecule has 14 heteroatoms. The Kier molecular flexibility index (Phi) is 8.01. The molecule has 4 aromatic heterocycles. The number of carbonyl (C=O) groups excluding carboxylic acids is 2. The molecule has 0 aliphatic carbocycles. The van der Waals surface area contributed by atoms with Gasteiger partial charge in [-0.15, -0.1) is 11.3 Å². The molecule has 0 spiro atoms. The van der Waals surface area contributed by atoms with Gasteiger partial charge in [-0.25, -0.2) is 22.8 Å². The number of carbonyl (C=O) groups is 2. The Balaban J connectivity index is 1.27. The van der Waals surface area contributed by atoms with E-state index in [1.54, 1.807) is 29.8 Å². The summed E-state index contributed by atoms with van der Waals surface area (Å²) >= 11 is 7.64. The van der Waals surface area contributed by atoms with Gasteiger partial charge in [0.15, 0.2) is 5.65 Å². The Bertz CT molecular complexity index is 2090. The molecule has 11 nitrogen and oxygen atoms in total. The molecule has 0 atom stereocenters. The number of halogens is 1. The van der Waals surface area contributed by atoms with E-state index in [4.69, 9.17) is 21.0 Å². The lowest BCUT2D eigenvalue weighted by molar-refractivity contribution is 0.0847. The highest BCUT2D eigenvalue weighted by atomic mass is 35.5. The highest BCUT2D eigenvalue weighted by molar-refractivity contribution is 7.89. The summed E-state index contributed by atoms with van der Waals surface area (Å²) in [6.45, 7) is 1.67. The molecule has 0 radical (unpaired) electrons. The van der Waals surface area contributed by atoms with E-state index in [0.717, 1.165) is 16.6 Å². The number of para-hydroxylation sites is 1. The molecule has 0 saturated carbocycles. The second-order valence-electron chi connectivity index (χ2n) is 9.52. The Morgan fingerprint density at radius 1 is 0.977 bits per heavy atom. The molecule has 0 bridgehead atoms. The number of pyridine rings is 1. The van der Waals surface area contributed by atoms with Gasteiger partial charge in [0.25, 0.3) is 11.8 Å². The number of nitrogens with one attached hydrogen (secondary N) is 3. The van der Waals surface area contributed by atoms with Gasteiger partial charge in [-0.3, -0.25) is 20.4 Å². The molecule has 0 saturated heterocycles. The Hall–Kier alpha value is -4.82. The summed E-state index contributed by atoms with van der Waals surface area (Å²) in [6.07, 6.45) is 1.42. The number of aromatic nitrogens is 3. The third-order valence-corrected chi connectivity index (χ3v) is 9.40. The van der Waals surface area contributed by atoms with Crippen molar-refractivity contribution in [1.29, 1.82) is 0 Å². The van der Waals surface area contributed by atoms with E-state index in [1.165, 1.54) is 29.7 Å². The number of fused-ring (bicyclic) bond motifs is 1. The number of nitrogens with zero attached hydrogens (tertiary/aromatic N) is 3. The van der Waals surface area contributed by atoms with E-state index in [0.29, 0.717) is 28.2 Å². The number of hydrazine groups is 1. The van der Waals surface area contributed by atoms with Crippen molar-refractivity contribution in [3.05, 3.63) is 118 Å². The summed E-state index contributed by atoms with van der Waals surface area (Å²) in [5.41, 5.74) is 7.41. The molecule has 4 heterocycles. The van der Waals surface area contributed by atoms with Crippen LogP contribution in [0.5, 0.6) is 0 Å². The van der Waals surface area contributed by atoms with Gasteiger partial charge >= 0.3 is 0 Å². The van der Waals surface area contributed by atoms with Crippen molar-refractivity contribution in [3.63, 3.8) is 0 Å². The fourth-order valence-corrected chi connectivity index (χ4v) is 6.73. The lowest BCUT2D eigenvalue weighted by Crippen LogP contribution is -2.41. The van der Waals surface area contributed by atoms with Crippen molar-refractivity contribution in [2.45, 2.75) is 18.4 Å². The third kappa shape index (κ3) is 5.85. The SMILES string of the molecule is Cc1nn(-c2ccccc2)c2nc(-c3cccs3)cc(C(=O)NNC(=O)c3ccc(Cl)c(S(=O)(=O)NCc4ccco4)c3)c12. The number of hydrogen-bond donors (Lipinski definition) is 3. The molecular weight excluding hydrogens is 624 g/mol. The number of rotatable bonds is 8. The van der Waals surface area contributed by atoms with Gasteiger partial charge in [-0.05, 0) is 66.9 Å². The summed E-state index contributed by atoms with van der Waals surface area (Å²) in [5, 5.41) is 7.00. The van der Waals surface area contributed by atoms with Crippen molar-refractivity contribution in [2.24, 2.45) is 0 Å². The highest BCUT2D eigenvalue weighted by Gasteiger charge is 2.23. The van der Waals surface area contributed by atoms with E-state index >= 15 is 0 Å². The minimum Gasteiger partial charge on any atom is -0.468 e. The molecule has 3 N–H and O–H groups in total. The first-order valence-corrected chi connectivity index (χ1v) is 15.9. The van der Waals surface area contributed by atoms with Gasteiger partial charge in [-0.1, -0.05) is 35.9 Å². The number of aryl methyl sites for hydroxylation is 1. The molecule has 0 unspecified atom stereocenters. The Labute approximate surface area is 260 Å². The van der Waals surface area contributed by atoms with Crippen molar-refractivity contribution in [2.75, 3.05) is 0 Å². The number of furan rings is 1. The topological polar surface area (TPSA) is 148 Å². The number of thiophene rings is 1. The molecule has 0 fully saturated rings. The standard InChI is InChI=1S/C30H23ClN6O5S2/c1-18-27-22(16-24(25-10-6-14-43-25)33-28(27)37(36-18)20-7-3-2-4-8-20)30(39)35-34-29(38)19-11-12-23(31)26(15-19)44(40,41)32-17-21-9-5-13-42-21/h2-16,32H,17H2,1H3,(H,34,38)(H,35,39). The monoisotopic (exact) mass is 646 g/mol. The number of amides is 2. The predicted molar refractivity (Wildman–Crippen MR) is 166 cm³/mol. The van der Waals surface area contributed by atoms with E-state index < -0.39 is 21.8 Å². The third-order valence-electron chi connectivity index (χ3n) is 6.62. The van der Waals surface area contributed by atoms with Crippen LogP contribution in [0.4, 0.5) is 0 Å². The normalized spacial score (nSPS) is 11.5. The molecule has 44 heavy (non-hydrogen) atoms. The first kappa shape index (κ1) is 29.3. The maximum Gasteiger partial charge on any atom is 0.270 e. The minimum absolute atomic E-state index is 0.0414. The van der Waals surface area contributed by atoms with Crippen LogP contribution >= 0.6 is 22.9 Å². The Morgan fingerprint density at radius 2 is 1.77 bits per heavy atom. The fourth-order valence-electron chi connectivity index (χ4n) is 4.53. The zero-order valence-electron chi connectivity index (χ0n) is 22.9. The number of hydrogen-bond acceptors (Lipinski definition) is 8. The van der Waals surface area contributed by atoms with Crippen LogP contribution in [-0.4, -0.2) is 35.0 Å². The molecule has 0 aliphatic heterocycles. The van der Waals surface area contributed by atoms with Crippen LogP contribution in [0, 0.1) is 6.92 Å². The molecule has 6 aromatic rings. The summed E-state index contributed by atoms with van der Waals surface area (Å²) in [6, 6.07) is 21.9.